The predicted molar refractivity (Wildman–Crippen MR) is 75.6 cm³/mol. The summed E-state index contributed by atoms with van der Waals surface area (Å²) in [5, 5.41) is 25.4. The summed E-state index contributed by atoms with van der Waals surface area (Å²) in [6, 6.07) is 0. The van der Waals surface area contributed by atoms with Crippen LogP contribution in [0, 0.1) is 4.91 Å². The molecule has 116 valence electrons. The highest BCUT2D eigenvalue weighted by molar-refractivity contribution is 4.82. The van der Waals surface area contributed by atoms with Crippen LogP contribution in [0.2, 0.25) is 0 Å². The van der Waals surface area contributed by atoms with Gasteiger partial charge in [0.1, 0.15) is 12.4 Å². The van der Waals surface area contributed by atoms with Gasteiger partial charge in [0.05, 0.1) is 12.3 Å². The molecule has 2 aliphatic rings. The summed E-state index contributed by atoms with van der Waals surface area (Å²) in [7, 11) is 0. The highest BCUT2D eigenvalue weighted by atomic mass is 16.3. The molecule has 2 aliphatic heterocycles. The van der Waals surface area contributed by atoms with Gasteiger partial charge in [-0.2, -0.15) is 0 Å². The molecule has 4 atom stereocenters. The van der Waals surface area contributed by atoms with Crippen molar-refractivity contribution in [2.45, 2.75) is 31.1 Å². The van der Waals surface area contributed by atoms with Gasteiger partial charge in [-0.25, -0.2) is 0 Å². The first-order chi connectivity index (χ1) is 9.69. The molecule has 2 heterocycles. The van der Waals surface area contributed by atoms with Crippen molar-refractivity contribution in [1.82, 2.24) is 26.2 Å². The maximum Gasteiger partial charge on any atom is 0.147 e. The van der Waals surface area contributed by atoms with Crippen molar-refractivity contribution in [2.24, 2.45) is 10.9 Å². The van der Waals surface area contributed by atoms with Gasteiger partial charge < -0.3 is 16.2 Å². The highest BCUT2D eigenvalue weighted by Crippen LogP contribution is 2.10. The molecule has 0 aromatic heterocycles. The van der Waals surface area contributed by atoms with E-state index in [1.54, 1.807) is 0 Å². The second-order valence-corrected chi connectivity index (χ2v) is 5.27. The number of hydrogen-bond acceptors (Lipinski definition) is 9. The van der Waals surface area contributed by atoms with Crippen molar-refractivity contribution < 1.29 is 5.11 Å². The molecule has 0 spiro atoms. The molecule has 2 saturated heterocycles. The lowest BCUT2D eigenvalue weighted by Crippen LogP contribution is -2.61. The Morgan fingerprint density at radius 2 is 2.25 bits per heavy atom. The van der Waals surface area contributed by atoms with E-state index in [0.717, 1.165) is 19.6 Å². The van der Waals surface area contributed by atoms with Crippen molar-refractivity contribution in [3.05, 3.63) is 4.91 Å². The van der Waals surface area contributed by atoms with Crippen molar-refractivity contribution in [3.8, 4) is 0 Å². The van der Waals surface area contributed by atoms with Gasteiger partial charge in [0.2, 0.25) is 0 Å². The number of nitrogens with one attached hydrogen (secondary N) is 4. The van der Waals surface area contributed by atoms with Crippen molar-refractivity contribution >= 4 is 0 Å². The van der Waals surface area contributed by atoms with Crippen LogP contribution in [0.5, 0.6) is 0 Å². The molecule has 0 aromatic carbocycles. The number of aliphatic hydroxyl groups is 1. The van der Waals surface area contributed by atoms with Crippen LogP contribution >= 0.6 is 0 Å². The Kier molecular flexibility index (Phi) is 6.23. The topological polar surface area (TPSA) is 127 Å². The minimum Gasteiger partial charge on any atom is -0.377 e. The SMILES string of the molecule is NC(CC(N=O)N1CCNC(O)C1)NC1CNCCN1. The Hall–Kier alpha value is -0.680. The summed E-state index contributed by atoms with van der Waals surface area (Å²) >= 11 is 0. The molecular formula is C11H25N7O2. The number of aliphatic hydroxyl groups excluding tert-OH is 1. The molecular weight excluding hydrogens is 262 g/mol. The first kappa shape index (κ1) is 15.7. The molecule has 9 heteroatoms. The molecule has 0 bridgehead atoms. The minimum atomic E-state index is -0.610. The standard InChI is InChI=1S/C11H25N7O2/c12-8(16-9-6-13-1-2-14-9)5-10(17-20)18-4-3-15-11(19)7-18/h8-11,13-16,19H,1-7,12H2. The van der Waals surface area contributed by atoms with Crippen LogP contribution in [0.1, 0.15) is 6.42 Å². The number of piperazine rings is 2. The fraction of sp³-hybridized carbons (Fsp3) is 1.00. The third kappa shape index (κ3) is 4.70. The second kappa shape index (κ2) is 7.93. The van der Waals surface area contributed by atoms with E-state index in [-0.39, 0.29) is 12.3 Å². The van der Waals surface area contributed by atoms with Crippen LogP contribution in [0.4, 0.5) is 0 Å². The van der Waals surface area contributed by atoms with E-state index in [0.29, 0.717) is 26.1 Å². The fourth-order valence-electron chi connectivity index (χ4n) is 2.61. The van der Waals surface area contributed by atoms with E-state index in [4.69, 9.17) is 5.73 Å². The largest absolute Gasteiger partial charge is 0.377 e. The number of rotatable bonds is 6. The molecule has 0 aliphatic carbocycles. The number of hydrogen-bond donors (Lipinski definition) is 6. The fourth-order valence-corrected chi connectivity index (χ4v) is 2.61. The average Bonchev–Trinajstić information content (AvgIpc) is 2.46. The van der Waals surface area contributed by atoms with Crippen LogP contribution in [0.25, 0.3) is 0 Å². The number of nitrogens with two attached hydrogens (primary N) is 1. The molecule has 0 radical (unpaired) electrons. The van der Waals surface area contributed by atoms with Crippen LogP contribution in [-0.4, -0.2) is 74.0 Å². The van der Waals surface area contributed by atoms with Gasteiger partial charge in [-0.3, -0.25) is 20.9 Å². The Morgan fingerprint density at radius 1 is 1.40 bits per heavy atom. The van der Waals surface area contributed by atoms with Crippen LogP contribution in [0.3, 0.4) is 0 Å². The van der Waals surface area contributed by atoms with Crippen molar-refractivity contribution in [2.75, 3.05) is 39.3 Å². The van der Waals surface area contributed by atoms with Crippen LogP contribution in [0.15, 0.2) is 5.18 Å². The molecule has 2 rings (SSSR count). The van der Waals surface area contributed by atoms with E-state index < -0.39 is 12.4 Å². The van der Waals surface area contributed by atoms with E-state index in [2.05, 4.69) is 26.4 Å². The van der Waals surface area contributed by atoms with Gasteiger partial charge in [-0.05, 0) is 0 Å². The Balaban J connectivity index is 1.77. The van der Waals surface area contributed by atoms with Crippen LogP contribution < -0.4 is 27.0 Å². The molecule has 4 unspecified atom stereocenters. The maximum atomic E-state index is 11.0. The third-order valence-corrected chi connectivity index (χ3v) is 3.65. The molecule has 2 fully saturated rings. The molecule has 0 saturated carbocycles. The van der Waals surface area contributed by atoms with E-state index >= 15 is 0 Å². The summed E-state index contributed by atoms with van der Waals surface area (Å²) in [4.78, 5) is 12.9. The molecule has 9 nitrogen and oxygen atoms in total. The summed E-state index contributed by atoms with van der Waals surface area (Å²) in [5.41, 5.74) is 6.04. The zero-order valence-corrected chi connectivity index (χ0v) is 11.6. The average molecular weight is 287 g/mol. The monoisotopic (exact) mass is 287 g/mol. The van der Waals surface area contributed by atoms with E-state index in [1.165, 1.54) is 0 Å². The number of β-amino-alcohol motifs (C(OH)–C–C–N with tert-alkyl or cyclic N) is 1. The lowest BCUT2D eigenvalue weighted by Gasteiger charge is -2.35. The Morgan fingerprint density at radius 3 is 2.90 bits per heavy atom. The van der Waals surface area contributed by atoms with Gasteiger partial charge >= 0.3 is 0 Å². The van der Waals surface area contributed by atoms with Crippen molar-refractivity contribution in [1.29, 1.82) is 0 Å². The van der Waals surface area contributed by atoms with Gasteiger partial charge in [-0.15, -0.1) is 4.91 Å². The predicted octanol–water partition coefficient (Wildman–Crippen LogP) is -2.91. The van der Waals surface area contributed by atoms with Gasteiger partial charge in [-0.1, -0.05) is 5.18 Å². The second-order valence-electron chi connectivity index (χ2n) is 5.27. The van der Waals surface area contributed by atoms with Gasteiger partial charge in [0, 0.05) is 45.7 Å². The first-order valence-electron chi connectivity index (χ1n) is 7.12. The molecule has 0 aromatic rings. The van der Waals surface area contributed by atoms with Crippen molar-refractivity contribution in [3.63, 3.8) is 0 Å². The zero-order chi connectivity index (χ0) is 14.4. The molecule has 0 amide bonds. The smallest absolute Gasteiger partial charge is 0.147 e. The lowest BCUT2D eigenvalue weighted by atomic mass is 10.2. The number of nitroso groups, excluding NO2 is 1. The summed E-state index contributed by atoms with van der Waals surface area (Å²) < 4.78 is 0. The van der Waals surface area contributed by atoms with Crippen LogP contribution in [-0.2, 0) is 0 Å². The third-order valence-electron chi connectivity index (χ3n) is 3.65. The highest BCUT2D eigenvalue weighted by Gasteiger charge is 2.27. The first-order valence-corrected chi connectivity index (χ1v) is 7.12. The summed E-state index contributed by atoms with van der Waals surface area (Å²) in [6.45, 7) is 4.37. The number of nitrogens with zero attached hydrogens (tertiary/aromatic N) is 2. The normalized spacial score (nSPS) is 31.7. The molecule has 7 N–H and O–H groups in total. The van der Waals surface area contributed by atoms with Gasteiger partial charge in [0.25, 0.3) is 0 Å². The Labute approximate surface area is 118 Å². The molecule has 20 heavy (non-hydrogen) atoms. The minimum absolute atomic E-state index is 0.111. The zero-order valence-electron chi connectivity index (χ0n) is 11.6. The Bertz CT molecular complexity index is 300. The summed E-state index contributed by atoms with van der Waals surface area (Å²) in [6.07, 6.45) is -0.900. The summed E-state index contributed by atoms with van der Waals surface area (Å²) in [5.74, 6) is 0. The quantitative estimate of drug-likeness (QED) is 0.227. The lowest BCUT2D eigenvalue weighted by molar-refractivity contribution is 0.0298. The maximum absolute atomic E-state index is 11.0. The van der Waals surface area contributed by atoms with E-state index in [1.807, 2.05) is 4.90 Å². The van der Waals surface area contributed by atoms with E-state index in [9.17, 15) is 10.0 Å². The van der Waals surface area contributed by atoms with Gasteiger partial charge in [0.15, 0.2) is 0 Å².